The van der Waals surface area contributed by atoms with E-state index < -0.39 is 11.6 Å². The van der Waals surface area contributed by atoms with Crippen molar-refractivity contribution in [2.24, 2.45) is 5.92 Å². The molecular formula is C21H25F2NO2. The second kappa shape index (κ2) is 8.49. The summed E-state index contributed by atoms with van der Waals surface area (Å²) in [5, 5.41) is 9.71. The third kappa shape index (κ3) is 4.52. The first kappa shape index (κ1) is 18.6. The maximum absolute atomic E-state index is 13.8. The van der Waals surface area contributed by atoms with Crippen molar-refractivity contribution in [3.63, 3.8) is 0 Å². The van der Waals surface area contributed by atoms with Crippen LogP contribution < -0.4 is 4.74 Å². The molecule has 1 aliphatic heterocycles. The Bertz CT molecular complexity index is 731. The Labute approximate surface area is 153 Å². The molecule has 2 aromatic rings. The van der Waals surface area contributed by atoms with Crippen molar-refractivity contribution in [3.8, 4) is 11.5 Å². The molecule has 140 valence electrons. The SMILES string of the molecule is COc1cc(CN2CCC[C@@H](CCc3c(F)cccc3F)C2)ccc1O. The normalized spacial score (nSPS) is 18.0. The number of benzene rings is 2. The fourth-order valence-electron chi connectivity index (χ4n) is 3.73. The van der Waals surface area contributed by atoms with Crippen molar-refractivity contribution < 1.29 is 18.6 Å². The predicted molar refractivity (Wildman–Crippen MR) is 97.3 cm³/mol. The number of phenolic OH excluding ortho intramolecular Hbond substituents is 1. The zero-order valence-electron chi connectivity index (χ0n) is 15.0. The molecule has 1 fully saturated rings. The summed E-state index contributed by atoms with van der Waals surface area (Å²) < 4.78 is 32.7. The molecule has 26 heavy (non-hydrogen) atoms. The predicted octanol–water partition coefficient (Wildman–Crippen LogP) is 4.52. The zero-order chi connectivity index (χ0) is 18.5. The number of hydrogen-bond acceptors (Lipinski definition) is 3. The van der Waals surface area contributed by atoms with Crippen molar-refractivity contribution in [2.75, 3.05) is 20.2 Å². The molecule has 3 nitrogen and oxygen atoms in total. The number of halogens is 2. The van der Waals surface area contributed by atoms with Gasteiger partial charge >= 0.3 is 0 Å². The largest absolute Gasteiger partial charge is 0.504 e. The number of hydrogen-bond donors (Lipinski definition) is 1. The molecule has 5 heteroatoms. The lowest BCUT2D eigenvalue weighted by Crippen LogP contribution is -2.35. The summed E-state index contributed by atoms with van der Waals surface area (Å²) in [5.41, 5.74) is 1.29. The summed E-state index contributed by atoms with van der Waals surface area (Å²) in [6, 6.07) is 9.45. The van der Waals surface area contributed by atoms with E-state index in [0.717, 1.165) is 44.5 Å². The molecule has 1 N–H and O–H groups in total. The maximum Gasteiger partial charge on any atom is 0.160 e. The molecule has 0 aliphatic carbocycles. The Morgan fingerprint density at radius 3 is 2.69 bits per heavy atom. The molecule has 3 rings (SSSR count). The second-order valence-corrected chi connectivity index (χ2v) is 6.99. The summed E-state index contributed by atoms with van der Waals surface area (Å²) in [4.78, 5) is 2.36. The average Bonchev–Trinajstić information content (AvgIpc) is 2.63. The summed E-state index contributed by atoms with van der Waals surface area (Å²) in [6.07, 6.45) is 3.39. The fourth-order valence-corrected chi connectivity index (χ4v) is 3.73. The van der Waals surface area contributed by atoms with Gasteiger partial charge in [-0.15, -0.1) is 0 Å². The highest BCUT2D eigenvalue weighted by Gasteiger charge is 2.21. The van der Waals surface area contributed by atoms with Gasteiger partial charge in [0.25, 0.3) is 0 Å². The highest BCUT2D eigenvalue weighted by molar-refractivity contribution is 5.41. The maximum atomic E-state index is 13.8. The van der Waals surface area contributed by atoms with Crippen LogP contribution in [0, 0.1) is 17.6 Å². The molecule has 0 bridgehead atoms. The van der Waals surface area contributed by atoms with Crippen molar-refractivity contribution in [1.29, 1.82) is 0 Å². The van der Waals surface area contributed by atoms with Crippen LogP contribution in [0.1, 0.15) is 30.4 Å². The Morgan fingerprint density at radius 1 is 1.19 bits per heavy atom. The lowest BCUT2D eigenvalue weighted by Gasteiger charge is -2.33. The van der Waals surface area contributed by atoms with Crippen LogP contribution in [-0.2, 0) is 13.0 Å². The molecule has 1 saturated heterocycles. The zero-order valence-corrected chi connectivity index (χ0v) is 15.0. The van der Waals surface area contributed by atoms with Gasteiger partial charge in [-0.25, -0.2) is 8.78 Å². The van der Waals surface area contributed by atoms with Crippen LogP contribution in [0.3, 0.4) is 0 Å². The van der Waals surface area contributed by atoms with Crippen LogP contribution in [0.25, 0.3) is 0 Å². The highest BCUT2D eigenvalue weighted by Crippen LogP contribution is 2.28. The standard InChI is InChI=1S/C21H25F2NO2/c1-26-21-12-16(8-10-20(21)25)14-24-11-3-4-15(13-24)7-9-17-18(22)5-2-6-19(17)23/h2,5-6,8,10,12,15,25H,3-4,7,9,11,13-14H2,1H3/t15-/m0/s1. The van der Waals surface area contributed by atoms with E-state index in [-0.39, 0.29) is 11.3 Å². The fraction of sp³-hybridized carbons (Fsp3) is 0.429. The van der Waals surface area contributed by atoms with Gasteiger partial charge in [0.15, 0.2) is 11.5 Å². The molecule has 0 aromatic heterocycles. The number of piperidine rings is 1. The number of likely N-dealkylation sites (tertiary alicyclic amines) is 1. The van der Waals surface area contributed by atoms with E-state index in [0.29, 0.717) is 18.1 Å². The van der Waals surface area contributed by atoms with Crippen LogP contribution in [0.15, 0.2) is 36.4 Å². The van der Waals surface area contributed by atoms with E-state index in [9.17, 15) is 13.9 Å². The van der Waals surface area contributed by atoms with Crippen LogP contribution in [-0.4, -0.2) is 30.2 Å². The summed E-state index contributed by atoms with van der Waals surface area (Å²) in [7, 11) is 1.54. The van der Waals surface area contributed by atoms with Crippen LogP contribution in [0.2, 0.25) is 0 Å². The molecule has 0 spiro atoms. The van der Waals surface area contributed by atoms with Gasteiger partial charge < -0.3 is 9.84 Å². The van der Waals surface area contributed by atoms with Crippen LogP contribution in [0.4, 0.5) is 8.78 Å². The van der Waals surface area contributed by atoms with E-state index >= 15 is 0 Å². The summed E-state index contributed by atoms with van der Waals surface area (Å²) in [6.45, 7) is 2.70. The van der Waals surface area contributed by atoms with Crippen LogP contribution >= 0.6 is 0 Å². The first-order chi connectivity index (χ1) is 12.6. The first-order valence-electron chi connectivity index (χ1n) is 9.08. The van der Waals surface area contributed by atoms with E-state index in [2.05, 4.69) is 4.90 Å². The lowest BCUT2D eigenvalue weighted by atomic mass is 9.91. The Balaban J connectivity index is 1.57. The minimum atomic E-state index is -0.450. The average molecular weight is 361 g/mol. The monoisotopic (exact) mass is 361 g/mol. The van der Waals surface area contributed by atoms with E-state index in [1.807, 2.05) is 12.1 Å². The Morgan fingerprint density at radius 2 is 1.96 bits per heavy atom. The van der Waals surface area contributed by atoms with E-state index in [1.54, 1.807) is 6.07 Å². The second-order valence-electron chi connectivity index (χ2n) is 6.99. The topological polar surface area (TPSA) is 32.7 Å². The van der Waals surface area contributed by atoms with Crippen molar-refractivity contribution in [2.45, 2.75) is 32.2 Å². The quantitative estimate of drug-likeness (QED) is 0.821. The Hall–Kier alpha value is -2.14. The molecule has 1 aliphatic rings. The third-order valence-corrected chi connectivity index (χ3v) is 5.12. The smallest absolute Gasteiger partial charge is 0.160 e. The molecule has 1 heterocycles. The van der Waals surface area contributed by atoms with Gasteiger partial charge in [0.2, 0.25) is 0 Å². The number of phenols is 1. The van der Waals surface area contributed by atoms with Gasteiger partial charge in [0.05, 0.1) is 7.11 Å². The molecule has 0 unspecified atom stereocenters. The molecule has 0 saturated carbocycles. The highest BCUT2D eigenvalue weighted by atomic mass is 19.1. The van der Waals surface area contributed by atoms with Crippen molar-refractivity contribution in [3.05, 3.63) is 59.2 Å². The summed E-state index contributed by atoms with van der Waals surface area (Å²) in [5.74, 6) is 0.148. The Kier molecular flexibility index (Phi) is 6.09. The number of methoxy groups -OCH3 is 1. The van der Waals surface area contributed by atoms with Crippen molar-refractivity contribution in [1.82, 2.24) is 4.90 Å². The molecule has 2 aromatic carbocycles. The van der Waals surface area contributed by atoms with E-state index in [4.69, 9.17) is 4.74 Å². The first-order valence-corrected chi connectivity index (χ1v) is 9.08. The van der Waals surface area contributed by atoms with Gasteiger partial charge in [0, 0.05) is 18.7 Å². The lowest BCUT2D eigenvalue weighted by molar-refractivity contribution is 0.161. The van der Waals surface area contributed by atoms with Gasteiger partial charge in [-0.3, -0.25) is 4.90 Å². The molecule has 0 radical (unpaired) electrons. The van der Waals surface area contributed by atoms with E-state index in [1.165, 1.54) is 25.3 Å². The van der Waals surface area contributed by atoms with Gasteiger partial charge in [-0.1, -0.05) is 12.1 Å². The van der Waals surface area contributed by atoms with Crippen LogP contribution in [0.5, 0.6) is 11.5 Å². The molecule has 1 atom stereocenters. The minimum Gasteiger partial charge on any atom is -0.504 e. The van der Waals surface area contributed by atoms with Gasteiger partial charge in [-0.05, 0) is 68.0 Å². The van der Waals surface area contributed by atoms with Gasteiger partial charge in [0.1, 0.15) is 11.6 Å². The molecular weight excluding hydrogens is 336 g/mol. The number of rotatable bonds is 6. The number of aromatic hydroxyl groups is 1. The third-order valence-electron chi connectivity index (χ3n) is 5.12. The number of ether oxygens (including phenoxy) is 1. The number of nitrogens with zero attached hydrogens (tertiary/aromatic N) is 1. The van der Waals surface area contributed by atoms with Crippen molar-refractivity contribution >= 4 is 0 Å². The molecule has 0 amide bonds. The summed E-state index contributed by atoms with van der Waals surface area (Å²) >= 11 is 0. The van der Waals surface area contributed by atoms with Gasteiger partial charge in [-0.2, -0.15) is 0 Å². The minimum absolute atomic E-state index is 0.139.